The Bertz CT molecular complexity index is 164. The van der Waals surface area contributed by atoms with Gasteiger partial charge in [0.15, 0.2) is 0 Å². The standard InChI is InChI=1S/C8H18N4O/c1-10-8(12-9)11-7-3-2-5-13-6-4-7/h7H,2-6,9H2,1H3,(H2,10,11,12). The first-order valence-electron chi connectivity index (χ1n) is 4.64. The lowest BCUT2D eigenvalue weighted by molar-refractivity contribution is 0.143. The minimum Gasteiger partial charge on any atom is -0.381 e. The molecule has 0 bridgehead atoms. The SMILES string of the molecule is CN=C(NN)NC1CCCOCC1. The van der Waals surface area contributed by atoms with Crippen molar-refractivity contribution in [3.8, 4) is 0 Å². The van der Waals surface area contributed by atoms with Gasteiger partial charge in [0.2, 0.25) is 5.96 Å². The van der Waals surface area contributed by atoms with Crippen molar-refractivity contribution >= 4 is 5.96 Å². The van der Waals surface area contributed by atoms with Crippen molar-refractivity contribution in [2.75, 3.05) is 20.3 Å². The fourth-order valence-corrected chi connectivity index (χ4v) is 1.41. The van der Waals surface area contributed by atoms with Crippen molar-refractivity contribution < 1.29 is 4.74 Å². The van der Waals surface area contributed by atoms with Gasteiger partial charge >= 0.3 is 0 Å². The van der Waals surface area contributed by atoms with E-state index in [1.54, 1.807) is 7.05 Å². The number of hydrogen-bond donors (Lipinski definition) is 3. The van der Waals surface area contributed by atoms with Gasteiger partial charge in [-0.3, -0.25) is 10.4 Å². The second-order valence-electron chi connectivity index (χ2n) is 3.10. The second kappa shape index (κ2) is 5.77. The molecule has 5 nitrogen and oxygen atoms in total. The van der Waals surface area contributed by atoms with Crippen LogP contribution < -0.4 is 16.6 Å². The summed E-state index contributed by atoms with van der Waals surface area (Å²) in [5.41, 5.74) is 2.52. The highest BCUT2D eigenvalue weighted by Gasteiger charge is 2.12. The predicted molar refractivity (Wildman–Crippen MR) is 52.3 cm³/mol. The Balaban J connectivity index is 2.33. The van der Waals surface area contributed by atoms with Crippen molar-refractivity contribution in [3.05, 3.63) is 0 Å². The van der Waals surface area contributed by atoms with E-state index in [2.05, 4.69) is 15.7 Å². The molecule has 76 valence electrons. The van der Waals surface area contributed by atoms with Gasteiger partial charge in [0.05, 0.1) is 0 Å². The van der Waals surface area contributed by atoms with E-state index >= 15 is 0 Å². The molecule has 1 aliphatic rings. The van der Waals surface area contributed by atoms with Gasteiger partial charge in [-0.05, 0) is 19.3 Å². The summed E-state index contributed by atoms with van der Waals surface area (Å²) in [6.07, 6.45) is 3.22. The molecule has 0 spiro atoms. The molecule has 0 aliphatic carbocycles. The maximum absolute atomic E-state index is 5.34. The molecule has 1 unspecified atom stereocenters. The monoisotopic (exact) mass is 186 g/mol. The number of hydrogen-bond acceptors (Lipinski definition) is 3. The number of rotatable bonds is 1. The number of nitrogens with one attached hydrogen (secondary N) is 2. The van der Waals surface area contributed by atoms with E-state index < -0.39 is 0 Å². The van der Waals surface area contributed by atoms with Crippen LogP contribution in [0.1, 0.15) is 19.3 Å². The summed E-state index contributed by atoms with van der Waals surface area (Å²) in [5, 5.41) is 3.23. The van der Waals surface area contributed by atoms with Crippen LogP contribution in [0, 0.1) is 0 Å². The van der Waals surface area contributed by atoms with Gasteiger partial charge in [-0.15, -0.1) is 0 Å². The minimum atomic E-state index is 0.428. The Labute approximate surface area is 78.7 Å². The van der Waals surface area contributed by atoms with Crippen molar-refractivity contribution in [3.63, 3.8) is 0 Å². The highest BCUT2D eigenvalue weighted by Crippen LogP contribution is 2.07. The minimum absolute atomic E-state index is 0.428. The van der Waals surface area contributed by atoms with Crippen LogP contribution in [-0.2, 0) is 4.74 Å². The molecule has 0 amide bonds. The molecule has 0 aromatic rings. The van der Waals surface area contributed by atoms with Gasteiger partial charge in [0.1, 0.15) is 0 Å². The number of nitrogens with zero attached hydrogens (tertiary/aromatic N) is 1. The van der Waals surface area contributed by atoms with E-state index in [1.807, 2.05) is 0 Å². The quantitative estimate of drug-likeness (QED) is 0.225. The normalized spacial score (nSPS) is 25.1. The van der Waals surface area contributed by atoms with Crippen LogP contribution in [0.5, 0.6) is 0 Å². The lowest BCUT2D eigenvalue weighted by Gasteiger charge is -2.17. The highest BCUT2D eigenvalue weighted by molar-refractivity contribution is 5.79. The third-order valence-corrected chi connectivity index (χ3v) is 2.15. The van der Waals surface area contributed by atoms with E-state index in [1.165, 1.54) is 0 Å². The Morgan fingerprint density at radius 1 is 1.46 bits per heavy atom. The summed E-state index contributed by atoms with van der Waals surface area (Å²) in [5.74, 6) is 5.91. The van der Waals surface area contributed by atoms with Crippen LogP contribution in [0.2, 0.25) is 0 Å². The topological polar surface area (TPSA) is 71.7 Å². The molecule has 1 rings (SSSR count). The van der Waals surface area contributed by atoms with Crippen LogP contribution in [0.4, 0.5) is 0 Å². The zero-order chi connectivity index (χ0) is 9.52. The first kappa shape index (κ1) is 10.3. The molecular weight excluding hydrogens is 168 g/mol. The number of hydrazine groups is 1. The van der Waals surface area contributed by atoms with Crippen molar-refractivity contribution in [1.82, 2.24) is 10.7 Å². The Morgan fingerprint density at radius 3 is 3.00 bits per heavy atom. The predicted octanol–water partition coefficient (Wildman–Crippen LogP) is -0.406. The number of guanidine groups is 1. The summed E-state index contributed by atoms with van der Waals surface area (Å²) in [7, 11) is 1.70. The van der Waals surface area contributed by atoms with Gasteiger partial charge in [-0.2, -0.15) is 0 Å². The fourth-order valence-electron chi connectivity index (χ4n) is 1.41. The molecule has 0 aromatic heterocycles. The molecule has 0 radical (unpaired) electrons. The smallest absolute Gasteiger partial charge is 0.205 e. The Kier molecular flexibility index (Phi) is 4.56. The lowest BCUT2D eigenvalue weighted by atomic mass is 10.1. The molecular formula is C8H18N4O. The lowest BCUT2D eigenvalue weighted by Crippen LogP contribution is -2.46. The van der Waals surface area contributed by atoms with E-state index in [0.29, 0.717) is 12.0 Å². The first-order chi connectivity index (χ1) is 6.36. The maximum atomic E-state index is 5.34. The van der Waals surface area contributed by atoms with E-state index in [-0.39, 0.29) is 0 Å². The van der Waals surface area contributed by atoms with Crippen LogP contribution in [0.25, 0.3) is 0 Å². The van der Waals surface area contributed by atoms with E-state index in [0.717, 1.165) is 32.5 Å². The fraction of sp³-hybridized carbons (Fsp3) is 0.875. The van der Waals surface area contributed by atoms with Gasteiger partial charge in [0.25, 0.3) is 0 Å². The van der Waals surface area contributed by atoms with Gasteiger partial charge in [0, 0.05) is 26.3 Å². The van der Waals surface area contributed by atoms with Crippen molar-refractivity contribution in [1.29, 1.82) is 0 Å². The van der Waals surface area contributed by atoms with Gasteiger partial charge in [-0.25, -0.2) is 5.84 Å². The second-order valence-corrected chi connectivity index (χ2v) is 3.10. The third kappa shape index (κ3) is 3.61. The number of aliphatic imine (C=N–C) groups is 1. The van der Waals surface area contributed by atoms with Crippen LogP contribution in [0.3, 0.4) is 0 Å². The van der Waals surface area contributed by atoms with Gasteiger partial charge < -0.3 is 10.1 Å². The molecule has 1 aliphatic heterocycles. The van der Waals surface area contributed by atoms with Gasteiger partial charge in [-0.1, -0.05) is 0 Å². The van der Waals surface area contributed by atoms with Crippen LogP contribution >= 0.6 is 0 Å². The van der Waals surface area contributed by atoms with Crippen molar-refractivity contribution in [2.24, 2.45) is 10.8 Å². The maximum Gasteiger partial charge on any atom is 0.205 e. The molecule has 4 N–H and O–H groups in total. The van der Waals surface area contributed by atoms with E-state index in [9.17, 15) is 0 Å². The molecule has 1 heterocycles. The molecule has 0 aromatic carbocycles. The third-order valence-electron chi connectivity index (χ3n) is 2.15. The zero-order valence-electron chi connectivity index (χ0n) is 8.05. The zero-order valence-corrected chi connectivity index (χ0v) is 8.05. The molecule has 13 heavy (non-hydrogen) atoms. The van der Waals surface area contributed by atoms with E-state index in [4.69, 9.17) is 10.6 Å². The first-order valence-corrected chi connectivity index (χ1v) is 4.64. The average molecular weight is 186 g/mol. The highest BCUT2D eigenvalue weighted by atomic mass is 16.5. The Morgan fingerprint density at radius 2 is 2.31 bits per heavy atom. The summed E-state index contributed by atoms with van der Waals surface area (Å²) in [6.45, 7) is 1.69. The molecule has 0 saturated carbocycles. The summed E-state index contributed by atoms with van der Waals surface area (Å²) < 4.78 is 5.34. The molecule has 1 fully saturated rings. The molecule has 1 saturated heterocycles. The number of nitrogens with two attached hydrogens (primary N) is 1. The summed E-state index contributed by atoms with van der Waals surface area (Å²) in [6, 6.07) is 0.428. The summed E-state index contributed by atoms with van der Waals surface area (Å²) >= 11 is 0. The van der Waals surface area contributed by atoms with Crippen molar-refractivity contribution in [2.45, 2.75) is 25.3 Å². The Hall–Kier alpha value is -0.810. The average Bonchev–Trinajstić information content (AvgIpc) is 2.42. The largest absolute Gasteiger partial charge is 0.381 e. The molecule has 5 heteroatoms. The summed E-state index contributed by atoms with van der Waals surface area (Å²) in [4.78, 5) is 3.96. The molecule has 1 atom stereocenters. The number of ether oxygens (including phenoxy) is 1. The van der Waals surface area contributed by atoms with Crippen LogP contribution in [-0.4, -0.2) is 32.3 Å². The van der Waals surface area contributed by atoms with Crippen LogP contribution in [0.15, 0.2) is 4.99 Å².